The van der Waals surface area contributed by atoms with Gasteiger partial charge in [0, 0.05) is 11.8 Å². The third-order valence-corrected chi connectivity index (χ3v) is 5.17. The summed E-state index contributed by atoms with van der Waals surface area (Å²) in [7, 11) is 0. The molecule has 0 aliphatic heterocycles. The number of ether oxygens (including phenoxy) is 1. The van der Waals surface area contributed by atoms with E-state index in [1.54, 1.807) is 18.2 Å². The Labute approximate surface area is 168 Å². The van der Waals surface area contributed by atoms with Crippen molar-refractivity contribution in [3.8, 4) is 0 Å². The van der Waals surface area contributed by atoms with Crippen molar-refractivity contribution in [1.82, 2.24) is 5.43 Å². The van der Waals surface area contributed by atoms with Gasteiger partial charge in [-0.15, -0.1) is 11.3 Å². The average Bonchev–Trinajstić information content (AvgIpc) is 3.15. The number of unbranched alkanes of at least 4 members (excludes halogenated alkanes) is 1. The van der Waals surface area contributed by atoms with Crippen molar-refractivity contribution in [3.63, 3.8) is 0 Å². The fourth-order valence-electron chi connectivity index (χ4n) is 2.63. The van der Waals surface area contributed by atoms with E-state index in [2.05, 4.69) is 12.3 Å². The van der Waals surface area contributed by atoms with Crippen LogP contribution in [0.4, 0.5) is 5.69 Å². The molecular formula is C20H26N2O5S. The van der Waals surface area contributed by atoms with Gasteiger partial charge >= 0.3 is 5.97 Å². The maximum Gasteiger partial charge on any atom is 0.345 e. The minimum Gasteiger partial charge on any atom is -0.477 e. The molecule has 0 radical (unpaired) electrons. The Morgan fingerprint density at radius 3 is 2.50 bits per heavy atom. The first-order valence-electron chi connectivity index (χ1n) is 9.14. The molecule has 2 aromatic rings. The minimum atomic E-state index is -0.958. The van der Waals surface area contributed by atoms with Gasteiger partial charge < -0.3 is 14.9 Å². The van der Waals surface area contributed by atoms with Crippen molar-refractivity contribution in [2.75, 3.05) is 11.7 Å². The number of carbonyl (C=O) groups is 2. The Balaban J connectivity index is 1.88. The molecule has 1 unspecified atom stereocenters. The summed E-state index contributed by atoms with van der Waals surface area (Å²) >= 11 is 1.16. The van der Waals surface area contributed by atoms with Gasteiger partial charge in [0.1, 0.15) is 11.6 Å². The monoisotopic (exact) mass is 406 g/mol. The van der Waals surface area contributed by atoms with E-state index in [1.165, 1.54) is 18.0 Å². The van der Waals surface area contributed by atoms with Crippen LogP contribution in [0.2, 0.25) is 0 Å². The number of aromatic carboxylic acids is 1. The zero-order valence-electron chi connectivity index (χ0n) is 16.1. The molecule has 0 saturated carbocycles. The van der Waals surface area contributed by atoms with Crippen LogP contribution in [-0.2, 0) is 16.1 Å². The van der Waals surface area contributed by atoms with Crippen LogP contribution in [0.25, 0.3) is 0 Å². The smallest absolute Gasteiger partial charge is 0.345 e. The molecule has 1 heterocycles. The highest BCUT2D eigenvalue weighted by Gasteiger charge is 2.13. The number of anilines is 1. The van der Waals surface area contributed by atoms with Gasteiger partial charge in [-0.1, -0.05) is 31.9 Å². The molecule has 7 nitrogen and oxygen atoms in total. The van der Waals surface area contributed by atoms with Gasteiger partial charge in [0.15, 0.2) is 0 Å². The molecule has 0 fully saturated rings. The number of hydrazine groups is 1. The molecule has 28 heavy (non-hydrogen) atoms. The summed E-state index contributed by atoms with van der Waals surface area (Å²) < 4.78 is 5.49. The third kappa shape index (κ3) is 6.42. The first-order valence-corrected chi connectivity index (χ1v) is 9.96. The molecule has 0 aliphatic carbocycles. The molecule has 1 amide bonds. The number of carboxylic acids is 1. The number of amides is 1. The van der Waals surface area contributed by atoms with Crippen LogP contribution >= 0.6 is 11.3 Å². The van der Waals surface area contributed by atoms with E-state index in [9.17, 15) is 14.7 Å². The first kappa shape index (κ1) is 22.0. The van der Waals surface area contributed by atoms with Crippen molar-refractivity contribution < 1.29 is 24.5 Å². The molecule has 8 heteroatoms. The number of aliphatic hydroxyl groups is 1. The molecule has 0 spiro atoms. The summed E-state index contributed by atoms with van der Waals surface area (Å²) in [4.78, 5) is 23.9. The van der Waals surface area contributed by atoms with Gasteiger partial charge in [-0.05, 0) is 36.2 Å². The Morgan fingerprint density at radius 2 is 1.93 bits per heavy atom. The number of nitrogens with one attached hydrogen (secondary N) is 1. The van der Waals surface area contributed by atoms with Crippen LogP contribution in [0, 0.1) is 0 Å². The quantitative estimate of drug-likeness (QED) is 0.299. The van der Waals surface area contributed by atoms with E-state index in [1.807, 2.05) is 12.1 Å². The predicted molar refractivity (Wildman–Crippen MR) is 108 cm³/mol. The lowest BCUT2D eigenvalue weighted by Gasteiger charge is -2.22. The molecule has 152 valence electrons. The third-order valence-electron chi connectivity index (χ3n) is 4.12. The van der Waals surface area contributed by atoms with E-state index in [-0.39, 0.29) is 24.1 Å². The number of nitrogens with zero attached hydrogens (tertiary/aromatic N) is 1. The maximum atomic E-state index is 11.9. The molecule has 1 aromatic heterocycles. The van der Waals surface area contributed by atoms with E-state index in [4.69, 9.17) is 9.84 Å². The highest BCUT2D eigenvalue weighted by Crippen LogP contribution is 2.22. The lowest BCUT2D eigenvalue weighted by atomic mass is 10.0. The maximum absolute atomic E-state index is 11.9. The molecule has 1 aromatic carbocycles. The van der Waals surface area contributed by atoms with Crippen molar-refractivity contribution >= 4 is 28.9 Å². The van der Waals surface area contributed by atoms with Crippen LogP contribution < -0.4 is 10.4 Å². The van der Waals surface area contributed by atoms with Gasteiger partial charge in [-0.3, -0.25) is 4.79 Å². The van der Waals surface area contributed by atoms with E-state index < -0.39 is 12.1 Å². The Bertz CT molecular complexity index is 775. The highest BCUT2D eigenvalue weighted by molar-refractivity contribution is 7.13. The van der Waals surface area contributed by atoms with E-state index >= 15 is 0 Å². The van der Waals surface area contributed by atoms with Crippen LogP contribution in [0.5, 0.6) is 0 Å². The number of rotatable bonds is 11. The van der Waals surface area contributed by atoms with E-state index in [0.717, 1.165) is 34.6 Å². The lowest BCUT2D eigenvalue weighted by Crippen LogP contribution is -2.42. The van der Waals surface area contributed by atoms with Gasteiger partial charge in [0.25, 0.3) is 0 Å². The number of carboxylic acid groups (broad SMARTS) is 1. The van der Waals surface area contributed by atoms with Crippen LogP contribution in [0.1, 0.15) is 59.3 Å². The van der Waals surface area contributed by atoms with Crippen molar-refractivity contribution in [2.45, 2.75) is 45.8 Å². The second-order valence-electron chi connectivity index (χ2n) is 6.33. The second-order valence-corrected chi connectivity index (χ2v) is 7.49. The molecular weight excluding hydrogens is 380 g/mol. The largest absolute Gasteiger partial charge is 0.477 e. The fourth-order valence-corrected chi connectivity index (χ4v) is 3.41. The van der Waals surface area contributed by atoms with Gasteiger partial charge in [-0.2, -0.15) is 0 Å². The lowest BCUT2D eigenvalue weighted by molar-refractivity contribution is -0.117. The van der Waals surface area contributed by atoms with E-state index in [0.29, 0.717) is 12.1 Å². The summed E-state index contributed by atoms with van der Waals surface area (Å²) in [5, 5.41) is 20.5. The predicted octanol–water partition coefficient (Wildman–Crippen LogP) is 3.70. The summed E-state index contributed by atoms with van der Waals surface area (Å²) in [6, 6.07) is 10.4. The number of carbonyl (C=O) groups excluding carboxylic acids is 1. The standard InChI is InChI=1S/C20H26N2O5S/c1-3-4-5-18(24)15-6-8-16(9-7-15)22(14(2)23)21-13-27-12-17-10-11-19(28-17)20(25)26/h6-11,18,21,24H,3-5,12-13H2,1-2H3,(H,25,26). The number of thiophene rings is 1. The topological polar surface area (TPSA) is 99.1 Å². The molecule has 0 aliphatic rings. The summed E-state index contributed by atoms with van der Waals surface area (Å²) in [5.74, 6) is -1.16. The zero-order chi connectivity index (χ0) is 20.5. The van der Waals surface area contributed by atoms with Crippen molar-refractivity contribution in [2.24, 2.45) is 0 Å². The first-order chi connectivity index (χ1) is 13.4. The highest BCUT2D eigenvalue weighted by atomic mass is 32.1. The molecule has 3 N–H and O–H groups in total. The normalized spacial score (nSPS) is 12.0. The Morgan fingerprint density at radius 1 is 1.21 bits per heavy atom. The fraction of sp³-hybridized carbons (Fsp3) is 0.400. The Kier molecular flexibility index (Phi) is 8.59. The summed E-state index contributed by atoms with van der Waals surface area (Å²) in [6.07, 6.45) is 2.20. The van der Waals surface area contributed by atoms with Gasteiger partial charge in [0.2, 0.25) is 5.91 Å². The van der Waals surface area contributed by atoms with Crippen LogP contribution in [0.15, 0.2) is 36.4 Å². The second kappa shape index (κ2) is 10.9. The van der Waals surface area contributed by atoms with Crippen molar-refractivity contribution in [1.29, 1.82) is 0 Å². The van der Waals surface area contributed by atoms with Gasteiger partial charge in [0.05, 0.1) is 18.4 Å². The number of benzene rings is 1. The molecule has 0 bridgehead atoms. The molecule has 1 atom stereocenters. The van der Waals surface area contributed by atoms with Crippen molar-refractivity contribution in [3.05, 3.63) is 51.7 Å². The number of hydrogen-bond acceptors (Lipinski definition) is 6. The number of hydrogen-bond donors (Lipinski definition) is 3. The minimum absolute atomic E-state index is 0.0841. The molecule has 2 rings (SSSR count). The zero-order valence-corrected chi connectivity index (χ0v) is 16.9. The SMILES string of the molecule is CCCCC(O)c1ccc(N(NCOCc2ccc(C(=O)O)s2)C(C)=O)cc1. The Hall–Kier alpha value is -2.26. The van der Waals surface area contributed by atoms with Crippen LogP contribution in [0.3, 0.4) is 0 Å². The number of aliphatic hydroxyl groups excluding tert-OH is 1. The summed E-state index contributed by atoms with van der Waals surface area (Å²) in [6.45, 7) is 3.85. The van der Waals surface area contributed by atoms with Crippen LogP contribution in [-0.4, -0.2) is 28.8 Å². The summed E-state index contributed by atoms with van der Waals surface area (Å²) in [5.41, 5.74) is 4.37. The molecule has 0 saturated heterocycles. The average molecular weight is 407 g/mol. The van der Waals surface area contributed by atoms with Gasteiger partial charge in [-0.25, -0.2) is 15.2 Å².